The maximum Gasteiger partial charge on any atom is 0.359 e. The van der Waals surface area contributed by atoms with Crippen molar-refractivity contribution in [3.8, 4) is 17.2 Å². The zero-order valence-electron chi connectivity index (χ0n) is 24.8. The van der Waals surface area contributed by atoms with Crippen LogP contribution < -0.4 is 10.1 Å². The molecule has 0 radical (unpaired) electrons. The van der Waals surface area contributed by atoms with Crippen LogP contribution in [0, 0.1) is 15.9 Å². The highest BCUT2D eigenvalue weighted by Gasteiger charge is 2.39. The van der Waals surface area contributed by atoms with Gasteiger partial charge in [0.2, 0.25) is 10.0 Å². The Kier molecular flexibility index (Phi) is 8.71. The molecule has 0 aliphatic carbocycles. The molecule has 0 saturated carbocycles. The Morgan fingerprint density at radius 1 is 1.04 bits per heavy atom. The van der Waals surface area contributed by atoms with Gasteiger partial charge in [-0.2, -0.15) is 9.40 Å². The number of esters is 1. The summed E-state index contributed by atoms with van der Waals surface area (Å²) in [6, 6.07) is 17.9. The molecule has 46 heavy (non-hydrogen) atoms. The first kappa shape index (κ1) is 31.1. The molecule has 1 N–H and O–H groups in total. The van der Waals surface area contributed by atoms with Crippen LogP contribution in [0.3, 0.4) is 0 Å². The number of anilines is 1. The monoisotopic (exact) mass is 650 g/mol. The van der Waals surface area contributed by atoms with Crippen LogP contribution in [0.4, 0.5) is 15.8 Å². The highest BCUT2D eigenvalue weighted by Crippen LogP contribution is 2.38. The molecule has 4 aromatic rings. The lowest BCUT2D eigenvalue weighted by Crippen LogP contribution is -2.50. The van der Waals surface area contributed by atoms with E-state index in [-0.39, 0.29) is 42.1 Å². The standard InChI is InChI=1S/C31H31FN6O7S/c1-2-44-31(39)30-29-28(34-37(30)21-11-13-22(14-12-21)45-26-9-5-3-7-23(26)32)25(15-16-33-29)35-17-19-36(20-18-35)46(42,43)27-10-6-4-8-24(27)38(40)41/h3-14,25,33H,2,15-20H2,1H3/t25-/m1/s1. The fourth-order valence-electron chi connectivity index (χ4n) is 5.77. The molecule has 1 aromatic heterocycles. The summed E-state index contributed by atoms with van der Waals surface area (Å²) in [6.45, 7) is 3.38. The van der Waals surface area contributed by atoms with Crippen molar-refractivity contribution in [2.45, 2.75) is 24.3 Å². The van der Waals surface area contributed by atoms with Crippen LogP contribution in [-0.4, -0.2) is 77.6 Å². The second-order valence-electron chi connectivity index (χ2n) is 10.7. The fraction of sp³-hybridized carbons (Fsp3) is 0.290. The Morgan fingerprint density at radius 3 is 2.43 bits per heavy atom. The highest BCUT2D eigenvalue weighted by atomic mass is 32.2. The predicted molar refractivity (Wildman–Crippen MR) is 165 cm³/mol. The first-order chi connectivity index (χ1) is 22.2. The Bertz CT molecular complexity index is 1870. The fourth-order valence-corrected chi connectivity index (χ4v) is 7.35. The van der Waals surface area contributed by atoms with Crippen LogP contribution in [0.25, 0.3) is 5.69 Å². The van der Waals surface area contributed by atoms with E-state index < -0.39 is 32.4 Å². The molecule has 15 heteroatoms. The number of piperazine rings is 1. The van der Waals surface area contributed by atoms with Gasteiger partial charge in [0.25, 0.3) is 5.69 Å². The molecule has 1 saturated heterocycles. The number of fused-ring (bicyclic) bond motifs is 1. The number of rotatable bonds is 9. The molecule has 3 heterocycles. The molecule has 0 bridgehead atoms. The van der Waals surface area contributed by atoms with E-state index in [0.29, 0.717) is 48.9 Å². The zero-order chi connectivity index (χ0) is 32.4. The van der Waals surface area contributed by atoms with Crippen LogP contribution in [0.5, 0.6) is 11.5 Å². The molecular formula is C31H31FN6O7S. The van der Waals surface area contributed by atoms with E-state index in [1.165, 1.54) is 45.4 Å². The topological polar surface area (TPSA) is 149 Å². The molecule has 2 aliphatic rings. The predicted octanol–water partition coefficient (Wildman–Crippen LogP) is 4.75. The van der Waals surface area contributed by atoms with Crippen molar-refractivity contribution in [1.82, 2.24) is 19.0 Å². The molecule has 2 aliphatic heterocycles. The van der Waals surface area contributed by atoms with Crippen LogP contribution in [0.15, 0.2) is 77.7 Å². The third kappa shape index (κ3) is 5.91. The van der Waals surface area contributed by atoms with Gasteiger partial charge in [0, 0.05) is 38.8 Å². The van der Waals surface area contributed by atoms with Gasteiger partial charge in [-0.25, -0.2) is 22.3 Å². The quantitative estimate of drug-likeness (QED) is 0.153. The van der Waals surface area contributed by atoms with Gasteiger partial charge < -0.3 is 14.8 Å². The van der Waals surface area contributed by atoms with E-state index in [4.69, 9.17) is 14.6 Å². The number of aromatic nitrogens is 2. The second-order valence-corrected chi connectivity index (χ2v) is 12.6. The lowest BCUT2D eigenvalue weighted by molar-refractivity contribution is -0.387. The Balaban J connectivity index is 1.26. The number of hydrogen-bond donors (Lipinski definition) is 1. The maximum absolute atomic E-state index is 14.1. The molecule has 240 valence electrons. The Morgan fingerprint density at radius 2 is 1.74 bits per heavy atom. The number of nitro groups is 1. The number of carbonyl (C=O) groups is 1. The lowest BCUT2D eigenvalue weighted by Gasteiger charge is -2.39. The SMILES string of the molecule is CCOC(=O)c1c2c(nn1-c1ccc(Oc3ccccc3F)cc1)[C@H](N1CCN(S(=O)(=O)c3ccccc3[N+](=O)[O-])CC1)CCN2. The van der Waals surface area contributed by atoms with Crippen molar-refractivity contribution in [1.29, 1.82) is 0 Å². The molecular weight excluding hydrogens is 619 g/mol. The van der Waals surface area contributed by atoms with Crippen LogP contribution in [0.2, 0.25) is 0 Å². The highest BCUT2D eigenvalue weighted by molar-refractivity contribution is 7.89. The van der Waals surface area contributed by atoms with Crippen molar-refractivity contribution >= 4 is 27.4 Å². The van der Waals surface area contributed by atoms with Crippen molar-refractivity contribution < 1.29 is 32.0 Å². The van der Waals surface area contributed by atoms with E-state index in [2.05, 4.69) is 10.2 Å². The van der Waals surface area contributed by atoms with Crippen molar-refractivity contribution in [3.05, 3.63) is 100 Å². The molecule has 1 fully saturated rings. The summed E-state index contributed by atoms with van der Waals surface area (Å²) in [7, 11) is -4.09. The summed E-state index contributed by atoms with van der Waals surface area (Å²) in [5.74, 6) is -0.573. The van der Waals surface area contributed by atoms with Gasteiger partial charge in [-0.1, -0.05) is 24.3 Å². The smallest absolute Gasteiger partial charge is 0.359 e. The summed E-state index contributed by atoms with van der Waals surface area (Å²) < 4.78 is 54.7. The van der Waals surface area contributed by atoms with Crippen LogP contribution >= 0.6 is 0 Å². The third-order valence-electron chi connectivity index (χ3n) is 7.96. The number of sulfonamides is 1. The van der Waals surface area contributed by atoms with Gasteiger partial charge in [0.15, 0.2) is 22.2 Å². The minimum atomic E-state index is -4.09. The van der Waals surface area contributed by atoms with Gasteiger partial charge >= 0.3 is 5.97 Å². The number of nitro benzene ring substituents is 1. The normalized spacial score (nSPS) is 17.1. The van der Waals surface area contributed by atoms with E-state index in [0.717, 1.165) is 0 Å². The third-order valence-corrected chi connectivity index (χ3v) is 9.90. The number of hydrogen-bond acceptors (Lipinski definition) is 10. The Labute approximate surface area is 264 Å². The number of benzene rings is 3. The average molecular weight is 651 g/mol. The minimum absolute atomic E-state index is 0.0824. The summed E-state index contributed by atoms with van der Waals surface area (Å²) in [5.41, 5.74) is 1.48. The number of nitrogens with zero attached hydrogens (tertiary/aromatic N) is 5. The first-order valence-electron chi connectivity index (χ1n) is 14.7. The summed E-state index contributed by atoms with van der Waals surface area (Å²) in [5, 5.41) is 19.7. The molecule has 0 amide bonds. The molecule has 0 spiro atoms. The molecule has 3 aromatic carbocycles. The van der Waals surface area contributed by atoms with Gasteiger partial charge in [0.1, 0.15) is 11.4 Å². The molecule has 6 rings (SSSR count). The van der Waals surface area contributed by atoms with Crippen molar-refractivity contribution in [2.24, 2.45) is 0 Å². The van der Waals surface area contributed by atoms with Crippen LogP contribution in [0.1, 0.15) is 35.6 Å². The van der Waals surface area contributed by atoms with Crippen LogP contribution in [-0.2, 0) is 14.8 Å². The minimum Gasteiger partial charge on any atom is -0.461 e. The molecule has 13 nitrogen and oxygen atoms in total. The molecule has 0 unspecified atom stereocenters. The van der Waals surface area contributed by atoms with Gasteiger partial charge in [-0.05, 0) is 55.8 Å². The summed E-state index contributed by atoms with van der Waals surface area (Å²) >= 11 is 0. The second kappa shape index (κ2) is 12.9. The summed E-state index contributed by atoms with van der Waals surface area (Å²) in [6.07, 6.45) is 0.651. The number of carbonyl (C=O) groups excluding carboxylic acids is 1. The number of halogens is 1. The van der Waals surface area contributed by atoms with Gasteiger partial charge in [0.05, 0.1) is 28.9 Å². The van der Waals surface area contributed by atoms with E-state index in [1.54, 1.807) is 43.3 Å². The summed E-state index contributed by atoms with van der Waals surface area (Å²) in [4.78, 5) is 25.8. The molecule has 1 atom stereocenters. The number of para-hydroxylation sites is 2. The van der Waals surface area contributed by atoms with Crippen molar-refractivity contribution in [2.75, 3.05) is 44.6 Å². The zero-order valence-corrected chi connectivity index (χ0v) is 25.7. The van der Waals surface area contributed by atoms with Gasteiger partial charge in [-0.3, -0.25) is 15.0 Å². The first-order valence-corrected chi connectivity index (χ1v) is 16.2. The number of nitrogens with one attached hydrogen (secondary N) is 1. The average Bonchev–Trinajstić information content (AvgIpc) is 3.46. The van der Waals surface area contributed by atoms with E-state index >= 15 is 0 Å². The Hall–Kier alpha value is -4.86. The van der Waals surface area contributed by atoms with E-state index in [1.807, 2.05) is 0 Å². The van der Waals surface area contributed by atoms with E-state index in [9.17, 15) is 27.7 Å². The largest absolute Gasteiger partial charge is 0.461 e. The maximum atomic E-state index is 14.1. The van der Waals surface area contributed by atoms with Crippen molar-refractivity contribution in [3.63, 3.8) is 0 Å². The number of ether oxygens (including phenoxy) is 2. The lowest BCUT2D eigenvalue weighted by atomic mass is 10.0. The van der Waals surface area contributed by atoms with Gasteiger partial charge in [-0.15, -0.1) is 0 Å².